The summed E-state index contributed by atoms with van der Waals surface area (Å²) in [6.07, 6.45) is 7.43. The molecule has 110 valence electrons. The minimum atomic E-state index is 0. The summed E-state index contributed by atoms with van der Waals surface area (Å²) in [5.41, 5.74) is 5.95. The third-order valence-electron chi connectivity index (χ3n) is 3.53. The Morgan fingerprint density at radius 2 is 2.26 bits per heavy atom. The van der Waals surface area contributed by atoms with Crippen molar-refractivity contribution in [1.82, 2.24) is 14.9 Å². The number of imidazole rings is 1. The van der Waals surface area contributed by atoms with Gasteiger partial charge < -0.3 is 15.6 Å². The zero-order valence-electron chi connectivity index (χ0n) is 11.0. The highest BCUT2D eigenvalue weighted by Crippen LogP contribution is 2.26. The topological polar surface area (TPSA) is 72.9 Å². The van der Waals surface area contributed by atoms with Gasteiger partial charge in [-0.05, 0) is 18.8 Å². The predicted octanol–water partition coefficient (Wildman–Crippen LogP) is 1.40. The number of nitrogens with zero attached hydrogens (tertiary/aromatic N) is 2. The van der Waals surface area contributed by atoms with E-state index < -0.39 is 0 Å². The second-order valence-corrected chi connectivity index (χ2v) is 4.79. The van der Waals surface area contributed by atoms with Crippen LogP contribution in [-0.4, -0.2) is 21.5 Å². The molecular formula is C12H22Cl2N4O. The number of nitrogens with one attached hydrogen (secondary N) is 1. The first kappa shape index (κ1) is 18.2. The van der Waals surface area contributed by atoms with Crippen molar-refractivity contribution in [3.63, 3.8) is 0 Å². The number of nitrogens with two attached hydrogens (primary N) is 1. The molecule has 1 aromatic heterocycles. The zero-order valence-corrected chi connectivity index (χ0v) is 12.7. The van der Waals surface area contributed by atoms with Crippen LogP contribution in [0.25, 0.3) is 0 Å². The normalized spacial score (nSPS) is 21.4. The lowest BCUT2D eigenvalue weighted by atomic mass is 10.00. The molecule has 19 heavy (non-hydrogen) atoms. The molecule has 2 atom stereocenters. The quantitative estimate of drug-likeness (QED) is 0.883. The van der Waals surface area contributed by atoms with Crippen LogP contribution in [0.2, 0.25) is 0 Å². The summed E-state index contributed by atoms with van der Waals surface area (Å²) >= 11 is 0. The first-order valence-corrected chi connectivity index (χ1v) is 6.15. The van der Waals surface area contributed by atoms with Crippen LogP contribution in [0.3, 0.4) is 0 Å². The molecule has 1 fully saturated rings. The minimum Gasteiger partial charge on any atom is -0.349 e. The zero-order chi connectivity index (χ0) is 12.3. The van der Waals surface area contributed by atoms with Gasteiger partial charge in [-0.3, -0.25) is 4.79 Å². The van der Waals surface area contributed by atoms with Crippen molar-refractivity contribution in [2.24, 2.45) is 18.7 Å². The molecule has 1 amide bonds. The summed E-state index contributed by atoms with van der Waals surface area (Å²) < 4.78 is 1.90. The molecule has 0 aliphatic heterocycles. The second-order valence-electron chi connectivity index (χ2n) is 4.79. The number of rotatable bonds is 4. The summed E-state index contributed by atoms with van der Waals surface area (Å²) in [6.45, 7) is 0.490. The van der Waals surface area contributed by atoms with Crippen LogP contribution < -0.4 is 11.1 Å². The Bertz CT molecular complexity index is 397. The Balaban J connectivity index is 0.00000162. The van der Waals surface area contributed by atoms with Gasteiger partial charge in [0.1, 0.15) is 5.82 Å². The maximum atomic E-state index is 11.7. The van der Waals surface area contributed by atoms with E-state index in [2.05, 4.69) is 10.3 Å². The minimum absolute atomic E-state index is 0. The van der Waals surface area contributed by atoms with E-state index >= 15 is 0 Å². The Hall–Kier alpha value is -0.780. The third kappa shape index (κ3) is 5.01. The highest BCUT2D eigenvalue weighted by molar-refractivity contribution is 5.85. The van der Waals surface area contributed by atoms with Crippen molar-refractivity contribution >= 4 is 30.7 Å². The first-order chi connectivity index (χ1) is 8.16. The summed E-state index contributed by atoms with van der Waals surface area (Å²) in [5, 5.41) is 2.90. The van der Waals surface area contributed by atoms with Crippen molar-refractivity contribution in [2.75, 3.05) is 0 Å². The summed E-state index contributed by atoms with van der Waals surface area (Å²) in [5.74, 6) is 1.31. The number of aryl methyl sites for hydroxylation is 1. The van der Waals surface area contributed by atoms with Gasteiger partial charge in [-0.1, -0.05) is 6.42 Å². The van der Waals surface area contributed by atoms with Crippen molar-refractivity contribution in [3.05, 3.63) is 18.2 Å². The molecule has 1 heterocycles. The van der Waals surface area contributed by atoms with Gasteiger partial charge in [0, 0.05) is 31.9 Å². The van der Waals surface area contributed by atoms with Crippen LogP contribution in [0.15, 0.2) is 12.4 Å². The SMILES string of the molecule is Cl.Cl.Cn1ccnc1CNC(=O)C[C@@H]1CCC[C@H]1N. The number of hydrogen-bond donors (Lipinski definition) is 2. The summed E-state index contributed by atoms with van der Waals surface area (Å²) in [4.78, 5) is 15.9. The monoisotopic (exact) mass is 308 g/mol. The molecule has 0 radical (unpaired) electrons. The Kier molecular flexibility index (Phi) is 8.06. The largest absolute Gasteiger partial charge is 0.349 e. The lowest BCUT2D eigenvalue weighted by Crippen LogP contribution is -2.31. The average Bonchev–Trinajstić information content (AvgIpc) is 2.86. The Labute approximate surface area is 126 Å². The molecule has 0 unspecified atom stereocenters. The van der Waals surface area contributed by atoms with Crippen LogP contribution in [0.1, 0.15) is 31.5 Å². The first-order valence-electron chi connectivity index (χ1n) is 6.15. The van der Waals surface area contributed by atoms with Crippen molar-refractivity contribution in [1.29, 1.82) is 0 Å². The maximum absolute atomic E-state index is 11.7. The van der Waals surface area contributed by atoms with E-state index in [1.807, 2.05) is 17.8 Å². The molecule has 0 aromatic carbocycles. The van der Waals surface area contributed by atoms with E-state index in [-0.39, 0.29) is 36.8 Å². The molecule has 0 spiro atoms. The number of carbonyl (C=O) groups is 1. The highest BCUT2D eigenvalue weighted by atomic mass is 35.5. The molecule has 1 saturated carbocycles. The molecule has 0 bridgehead atoms. The second kappa shape index (κ2) is 8.40. The average molecular weight is 309 g/mol. The van der Waals surface area contributed by atoms with E-state index in [0.717, 1.165) is 25.1 Å². The molecular weight excluding hydrogens is 287 g/mol. The lowest BCUT2D eigenvalue weighted by Gasteiger charge is -2.14. The third-order valence-corrected chi connectivity index (χ3v) is 3.53. The van der Waals surface area contributed by atoms with Gasteiger partial charge in [-0.15, -0.1) is 24.8 Å². The van der Waals surface area contributed by atoms with Gasteiger partial charge >= 0.3 is 0 Å². The van der Waals surface area contributed by atoms with E-state index in [9.17, 15) is 4.79 Å². The fraction of sp³-hybridized carbons (Fsp3) is 0.667. The number of aromatic nitrogens is 2. The van der Waals surface area contributed by atoms with E-state index in [1.165, 1.54) is 0 Å². The molecule has 1 aromatic rings. The van der Waals surface area contributed by atoms with Crippen molar-refractivity contribution in [3.8, 4) is 0 Å². The van der Waals surface area contributed by atoms with Gasteiger partial charge in [-0.2, -0.15) is 0 Å². The molecule has 1 aliphatic carbocycles. The summed E-state index contributed by atoms with van der Waals surface area (Å²) in [7, 11) is 1.92. The molecule has 7 heteroatoms. The van der Waals surface area contributed by atoms with Gasteiger partial charge in [0.15, 0.2) is 0 Å². The van der Waals surface area contributed by atoms with Crippen LogP contribution in [0.5, 0.6) is 0 Å². The van der Waals surface area contributed by atoms with E-state index in [4.69, 9.17) is 5.73 Å². The summed E-state index contributed by atoms with van der Waals surface area (Å²) in [6, 6.07) is 0.203. The number of amides is 1. The van der Waals surface area contributed by atoms with Crippen LogP contribution in [0, 0.1) is 5.92 Å². The molecule has 1 aliphatic rings. The van der Waals surface area contributed by atoms with Gasteiger partial charge in [0.05, 0.1) is 6.54 Å². The molecule has 2 rings (SSSR count). The Morgan fingerprint density at radius 1 is 1.53 bits per heavy atom. The predicted molar refractivity (Wildman–Crippen MR) is 79.5 cm³/mol. The van der Waals surface area contributed by atoms with Crippen molar-refractivity contribution < 1.29 is 4.79 Å². The molecule has 5 nitrogen and oxygen atoms in total. The van der Waals surface area contributed by atoms with E-state index in [1.54, 1.807) is 6.20 Å². The van der Waals surface area contributed by atoms with Crippen molar-refractivity contribution in [2.45, 2.75) is 38.3 Å². The number of halogens is 2. The lowest BCUT2D eigenvalue weighted by molar-refractivity contribution is -0.122. The number of hydrogen-bond acceptors (Lipinski definition) is 3. The van der Waals surface area contributed by atoms with Gasteiger partial charge in [-0.25, -0.2) is 4.98 Å². The van der Waals surface area contributed by atoms with E-state index in [0.29, 0.717) is 18.9 Å². The van der Waals surface area contributed by atoms with Gasteiger partial charge in [0.25, 0.3) is 0 Å². The number of carbonyl (C=O) groups excluding carboxylic acids is 1. The Morgan fingerprint density at radius 3 is 2.79 bits per heavy atom. The van der Waals surface area contributed by atoms with Crippen LogP contribution in [-0.2, 0) is 18.4 Å². The fourth-order valence-corrected chi connectivity index (χ4v) is 2.37. The van der Waals surface area contributed by atoms with Crippen LogP contribution >= 0.6 is 24.8 Å². The smallest absolute Gasteiger partial charge is 0.220 e. The standard InChI is InChI=1S/C12H20N4O.2ClH/c1-16-6-5-14-11(16)8-15-12(17)7-9-3-2-4-10(9)13;;/h5-6,9-10H,2-4,7-8,13H2,1H3,(H,15,17);2*1H/t9-,10+;;/m0../s1. The molecule has 0 saturated heterocycles. The van der Waals surface area contributed by atoms with Gasteiger partial charge in [0.2, 0.25) is 5.91 Å². The highest BCUT2D eigenvalue weighted by Gasteiger charge is 2.25. The van der Waals surface area contributed by atoms with Crippen LogP contribution in [0.4, 0.5) is 0 Å². The fourth-order valence-electron chi connectivity index (χ4n) is 2.37. The maximum Gasteiger partial charge on any atom is 0.220 e. The molecule has 3 N–H and O–H groups in total.